The summed E-state index contributed by atoms with van der Waals surface area (Å²) < 4.78 is 6.00. The van der Waals surface area contributed by atoms with Crippen LogP contribution in [0.4, 0.5) is 0 Å². The van der Waals surface area contributed by atoms with Gasteiger partial charge in [0.1, 0.15) is 16.5 Å². The number of nitrogens with zero attached hydrogens (tertiary/aromatic N) is 1. The van der Waals surface area contributed by atoms with Crippen LogP contribution in [-0.4, -0.2) is 10.9 Å². The number of thiophene rings is 1. The summed E-state index contributed by atoms with van der Waals surface area (Å²) in [5.41, 5.74) is 2.75. The number of para-hydroxylation sites is 2. The summed E-state index contributed by atoms with van der Waals surface area (Å²) in [4.78, 5) is 20.2. The van der Waals surface area contributed by atoms with Crippen LogP contribution in [0.15, 0.2) is 66.0 Å². The molecule has 144 valence electrons. The number of carbonyl (C=O) groups is 1. The van der Waals surface area contributed by atoms with Crippen molar-refractivity contribution in [2.45, 2.75) is 19.4 Å². The lowest BCUT2D eigenvalue weighted by Crippen LogP contribution is -2.31. The molecule has 1 aliphatic rings. The second kappa shape index (κ2) is 7.46. The number of nitrogens with one attached hydrogen (secondary N) is 1. The van der Waals surface area contributed by atoms with Gasteiger partial charge in [-0.1, -0.05) is 42.5 Å². The Morgan fingerprint density at radius 2 is 1.72 bits per heavy atom. The van der Waals surface area contributed by atoms with E-state index in [1.54, 1.807) is 22.7 Å². The van der Waals surface area contributed by atoms with Crippen LogP contribution < -0.4 is 10.1 Å². The third-order valence-corrected chi connectivity index (χ3v) is 7.19. The van der Waals surface area contributed by atoms with E-state index in [9.17, 15) is 4.79 Å². The minimum Gasteiger partial charge on any atom is -0.457 e. The fourth-order valence-corrected chi connectivity index (χ4v) is 5.36. The van der Waals surface area contributed by atoms with E-state index in [-0.39, 0.29) is 11.8 Å². The fraction of sp³-hybridized carbons (Fsp3) is 0.130. The third-order valence-electron chi connectivity index (χ3n) is 4.99. The van der Waals surface area contributed by atoms with Gasteiger partial charge in [-0.15, -0.1) is 22.7 Å². The largest absolute Gasteiger partial charge is 0.457 e. The number of ether oxygens (including phenoxy) is 1. The second-order valence-corrected chi connectivity index (χ2v) is 8.86. The molecule has 3 heterocycles. The Hall–Kier alpha value is -2.96. The molecule has 0 spiro atoms. The molecule has 6 heteroatoms. The quantitative estimate of drug-likeness (QED) is 0.460. The Morgan fingerprint density at radius 3 is 2.38 bits per heavy atom. The van der Waals surface area contributed by atoms with Crippen LogP contribution in [0, 0.1) is 6.92 Å². The average Bonchev–Trinajstić information content (AvgIpc) is 3.40. The Morgan fingerprint density at radius 1 is 1.03 bits per heavy atom. The smallest absolute Gasteiger partial charge is 0.232 e. The molecule has 0 fully saturated rings. The SMILES string of the molecule is Cc1nc(-c2cccs2)sc1CNC(=O)C1c2ccccc2Oc2ccccc21. The van der Waals surface area contributed by atoms with Crippen molar-refractivity contribution in [3.63, 3.8) is 0 Å². The van der Waals surface area contributed by atoms with E-state index in [4.69, 9.17) is 4.74 Å². The minimum atomic E-state index is -0.388. The first kappa shape index (κ1) is 18.1. The molecule has 0 saturated carbocycles. The normalized spacial score (nSPS) is 12.7. The zero-order valence-electron chi connectivity index (χ0n) is 15.7. The number of hydrogen-bond donors (Lipinski definition) is 1. The van der Waals surface area contributed by atoms with E-state index in [2.05, 4.69) is 16.4 Å². The van der Waals surface area contributed by atoms with Gasteiger partial charge >= 0.3 is 0 Å². The summed E-state index contributed by atoms with van der Waals surface area (Å²) in [5.74, 6) is 1.06. The molecule has 2 aromatic heterocycles. The molecular weight excluding hydrogens is 400 g/mol. The molecule has 1 N–H and O–H groups in total. The average molecular weight is 419 g/mol. The van der Waals surface area contributed by atoms with Crippen molar-refractivity contribution < 1.29 is 9.53 Å². The molecule has 0 atom stereocenters. The van der Waals surface area contributed by atoms with Crippen LogP contribution in [0.3, 0.4) is 0 Å². The standard InChI is InChI=1S/C23H18N2O2S2/c1-14-20(29-23(25-14)19-11-6-12-28-19)13-24-22(26)21-15-7-2-4-9-17(15)27-18-10-5-3-8-16(18)21/h2-12,21H,13H2,1H3,(H,24,26). The summed E-state index contributed by atoms with van der Waals surface area (Å²) in [7, 11) is 0. The molecule has 0 saturated heterocycles. The third kappa shape index (κ3) is 3.34. The number of thiazole rings is 1. The Balaban J connectivity index is 1.41. The van der Waals surface area contributed by atoms with Gasteiger partial charge in [0.2, 0.25) is 5.91 Å². The molecule has 0 unspecified atom stereocenters. The molecular formula is C23H18N2O2S2. The van der Waals surface area contributed by atoms with E-state index in [1.165, 1.54) is 0 Å². The highest BCUT2D eigenvalue weighted by atomic mass is 32.1. The molecule has 4 aromatic rings. The van der Waals surface area contributed by atoms with Crippen molar-refractivity contribution in [3.05, 3.63) is 87.7 Å². The molecule has 1 aliphatic heterocycles. The summed E-state index contributed by atoms with van der Waals surface area (Å²) in [5, 5.41) is 6.18. The monoisotopic (exact) mass is 418 g/mol. The van der Waals surface area contributed by atoms with Gasteiger partial charge in [0, 0.05) is 16.0 Å². The number of hydrogen-bond acceptors (Lipinski definition) is 5. The lowest BCUT2D eigenvalue weighted by molar-refractivity contribution is -0.122. The van der Waals surface area contributed by atoms with Gasteiger partial charge in [-0.2, -0.15) is 0 Å². The zero-order valence-corrected chi connectivity index (χ0v) is 17.3. The van der Waals surface area contributed by atoms with Gasteiger partial charge in [-0.25, -0.2) is 4.98 Å². The van der Waals surface area contributed by atoms with Gasteiger partial charge in [-0.05, 0) is 30.5 Å². The Labute approximate surface area is 176 Å². The van der Waals surface area contributed by atoms with E-state index in [1.807, 2.05) is 66.9 Å². The summed E-state index contributed by atoms with van der Waals surface area (Å²) in [6.45, 7) is 2.46. The maximum absolute atomic E-state index is 13.3. The summed E-state index contributed by atoms with van der Waals surface area (Å²) in [6.07, 6.45) is 0. The number of aromatic nitrogens is 1. The van der Waals surface area contributed by atoms with Gasteiger partial charge in [0.15, 0.2) is 0 Å². The van der Waals surface area contributed by atoms with Gasteiger partial charge in [0.25, 0.3) is 0 Å². The van der Waals surface area contributed by atoms with Crippen molar-refractivity contribution in [3.8, 4) is 21.4 Å². The van der Waals surface area contributed by atoms with E-state index in [0.29, 0.717) is 6.54 Å². The molecule has 5 rings (SSSR count). The minimum absolute atomic E-state index is 0.0290. The van der Waals surface area contributed by atoms with Crippen molar-refractivity contribution in [1.82, 2.24) is 10.3 Å². The van der Waals surface area contributed by atoms with Gasteiger partial charge < -0.3 is 10.1 Å². The number of benzene rings is 2. The number of rotatable bonds is 4. The van der Waals surface area contributed by atoms with Crippen LogP contribution in [0.1, 0.15) is 27.6 Å². The van der Waals surface area contributed by atoms with Gasteiger partial charge in [-0.3, -0.25) is 4.79 Å². The molecule has 0 radical (unpaired) electrons. The van der Waals surface area contributed by atoms with Crippen molar-refractivity contribution in [2.75, 3.05) is 0 Å². The predicted octanol–water partition coefficient (Wildman–Crippen LogP) is 5.73. The zero-order chi connectivity index (χ0) is 19.8. The van der Waals surface area contributed by atoms with Gasteiger partial charge in [0.05, 0.1) is 23.0 Å². The summed E-state index contributed by atoms with van der Waals surface area (Å²) >= 11 is 3.31. The highest BCUT2D eigenvalue weighted by Gasteiger charge is 2.32. The first-order chi connectivity index (χ1) is 14.2. The molecule has 2 aromatic carbocycles. The van der Waals surface area contributed by atoms with Crippen molar-refractivity contribution >= 4 is 28.6 Å². The van der Waals surface area contributed by atoms with Crippen LogP contribution in [0.5, 0.6) is 11.5 Å². The number of aryl methyl sites for hydroxylation is 1. The molecule has 0 aliphatic carbocycles. The highest BCUT2D eigenvalue weighted by Crippen LogP contribution is 2.44. The van der Waals surface area contributed by atoms with E-state index in [0.717, 1.165) is 43.1 Å². The predicted molar refractivity (Wildman–Crippen MR) is 117 cm³/mol. The molecule has 29 heavy (non-hydrogen) atoms. The number of carbonyl (C=O) groups excluding carboxylic acids is 1. The van der Waals surface area contributed by atoms with Crippen LogP contribution in [0.2, 0.25) is 0 Å². The van der Waals surface area contributed by atoms with Crippen LogP contribution in [-0.2, 0) is 11.3 Å². The van der Waals surface area contributed by atoms with Crippen molar-refractivity contribution in [1.29, 1.82) is 0 Å². The highest BCUT2D eigenvalue weighted by molar-refractivity contribution is 7.21. The maximum atomic E-state index is 13.3. The van der Waals surface area contributed by atoms with E-state index < -0.39 is 0 Å². The topological polar surface area (TPSA) is 51.2 Å². The molecule has 1 amide bonds. The second-order valence-electron chi connectivity index (χ2n) is 6.83. The van der Waals surface area contributed by atoms with E-state index >= 15 is 0 Å². The van der Waals surface area contributed by atoms with Crippen molar-refractivity contribution in [2.24, 2.45) is 0 Å². The lowest BCUT2D eigenvalue weighted by Gasteiger charge is -2.27. The summed E-state index contributed by atoms with van der Waals surface area (Å²) in [6, 6.07) is 19.6. The molecule has 4 nitrogen and oxygen atoms in total. The Kier molecular flexibility index (Phi) is 4.66. The van der Waals surface area contributed by atoms with Crippen LogP contribution in [0.25, 0.3) is 9.88 Å². The first-order valence-electron chi connectivity index (χ1n) is 9.34. The number of amides is 1. The fourth-order valence-electron chi connectivity index (χ4n) is 3.56. The maximum Gasteiger partial charge on any atom is 0.232 e. The number of fused-ring (bicyclic) bond motifs is 2. The first-order valence-corrected chi connectivity index (χ1v) is 11.0. The lowest BCUT2D eigenvalue weighted by atomic mass is 9.87. The molecule has 0 bridgehead atoms. The van der Waals surface area contributed by atoms with Crippen LogP contribution >= 0.6 is 22.7 Å². The Bertz CT molecular complexity index is 1140.